The molecule has 1 aliphatic rings. The number of hydrogen-bond donors (Lipinski definition) is 0. The lowest BCUT2D eigenvalue weighted by molar-refractivity contribution is 0.0917. The predicted octanol–water partition coefficient (Wildman–Crippen LogP) is 0.101. The maximum atomic E-state index is 11.2. The summed E-state index contributed by atoms with van der Waals surface area (Å²) in [4.78, 5) is 8.73. The Morgan fingerprint density at radius 2 is 1.95 bits per heavy atom. The Labute approximate surface area is 119 Å². The van der Waals surface area contributed by atoms with Gasteiger partial charge in [-0.15, -0.1) is 0 Å². The number of aryl methyl sites for hydroxylation is 1. The highest BCUT2D eigenvalue weighted by molar-refractivity contribution is 7.90. The van der Waals surface area contributed by atoms with Crippen molar-refractivity contribution in [2.24, 2.45) is 0 Å². The van der Waals surface area contributed by atoms with Gasteiger partial charge >= 0.3 is 0 Å². The first kappa shape index (κ1) is 15.4. The van der Waals surface area contributed by atoms with E-state index in [1.165, 1.54) is 6.26 Å². The molecule has 7 nitrogen and oxygen atoms in total. The van der Waals surface area contributed by atoms with E-state index in [0.717, 1.165) is 26.2 Å². The second-order valence-electron chi connectivity index (χ2n) is 5.36. The molecule has 0 N–H and O–H groups in total. The summed E-state index contributed by atoms with van der Waals surface area (Å²) in [6.45, 7) is 7.97. The van der Waals surface area contributed by atoms with Gasteiger partial charge in [0, 0.05) is 39.0 Å². The van der Waals surface area contributed by atoms with Crippen molar-refractivity contribution in [2.75, 3.05) is 44.7 Å². The smallest absolute Gasteiger partial charge is 0.243 e. The fourth-order valence-electron chi connectivity index (χ4n) is 2.31. The SMILES string of the molecule is Cc1noc([C@H](C)N2CCN(CCS(C)(=O)=O)CC2)n1. The lowest BCUT2D eigenvalue weighted by Gasteiger charge is -2.36. The first-order valence-electron chi connectivity index (χ1n) is 6.79. The first-order valence-corrected chi connectivity index (χ1v) is 8.85. The van der Waals surface area contributed by atoms with Crippen LogP contribution in [0, 0.1) is 6.92 Å². The topological polar surface area (TPSA) is 79.5 Å². The summed E-state index contributed by atoms with van der Waals surface area (Å²) < 4.78 is 27.5. The van der Waals surface area contributed by atoms with Crippen LogP contribution in [0.3, 0.4) is 0 Å². The first-order chi connectivity index (χ1) is 9.35. The maximum Gasteiger partial charge on any atom is 0.243 e. The van der Waals surface area contributed by atoms with Gasteiger partial charge in [-0.25, -0.2) is 8.42 Å². The van der Waals surface area contributed by atoms with Crippen LogP contribution in [-0.4, -0.2) is 73.1 Å². The summed E-state index contributed by atoms with van der Waals surface area (Å²) in [5.74, 6) is 1.52. The highest BCUT2D eigenvalue weighted by Crippen LogP contribution is 2.19. The van der Waals surface area contributed by atoms with E-state index in [4.69, 9.17) is 4.52 Å². The molecule has 1 saturated heterocycles. The van der Waals surface area contributed by atoms with Gasteiger partial charge in [-0.3, -0.25) is 9.80 Å². The summed E-state index contributed by atoms with van der Waals surface area (Å²) in [7, 11) is -2.88. The number of hydrogen-bond acceptors (Lipinski definition) is 7. The van der Waals surface area contributed by atoms with Crippen LogP contribution in [0.5, 0.6) is 0 Å². The lowest BCUT2D eigenvalue weighted by Crippen LogP contribution is -2.48. The molecule has 0 unspecified atom stereocenters. The van der Waals surface area contributed by atoms with E-state index >= 15 is 0 Å². The zero-order chi connectivity index (χ0) is 14.8. The van der Waals surface area contributed by atoms with Gasteiger partial charge in [0.05, 0.1) is 11.8 Å². The van der Waals surface area contributed by atoms with Crippen LogP contribution in [0.25, 0.3) is 0 Å². The minimum absolute atomic E-state index is 0.105. The maximum absolute atomic E-state index is 11.2. The predicted molar refractivity (Wildman–Crippen MR) is 75.2 cm³/mol. The van der Waals surface area contributed by atoms with Crippen molar-refractivity contribution < 1.29 is 12.9 Å². The van der Waals surface area contributed by atoms with Gasteiger partial charge in [-0.2, -0.15) is 4.98 Å². The molecule has 1 fully saturated rings. The number of rotatable bonds is 5. The molecule has 0 aromatic carbocycles. The van der Waals surface area contributed by atoms with Crippen LogP contribution in [-0.2, 0) is 9.84 Å². The van der Waals surface area contributed by atoms with E-state index in [1.54, 1.807) is 0 Å². The second-order valence-corrected chi connectivity index (χ2v) is 7.62. The zero-order valence-electron chi connectivity index (χ0n) is 12.2. The Balaban J connectivity index is 1.82. The number of aromatic nitrogens is 2. The molecule has 2 heterocycles. The van der Waals surface area contributed by atoms with Crippen molar-refractivity contribution in [2.45, 2.75) is 19.9 Å². The molecule has 0 amide bonds. The minimum atomic E-state index is -2.88. The zero-order valence-corrected chi connectivity index (χ0v) is 13.1. The Bertz CT molecular complexity index is 535. The lowest BCUT2D eigenvalue weighted by atomic mass is 10.2. The molecule has 1 aliphatic heterocycles. The van der Waals surface area contributed by atoms with Crippen molar-refractivity contribution in [1.82, 2.24) is 19.9 Å². The van der Waals surface area contributed by atoms with E-state index < -0.39 is 9.84 Å². The molecule has 1 aromatic heterocycles. The molecule has 0 spiro atoms. The van der Waals surface area contributed by atoms with Crippen molar-refractivity contribution >= 4 is 9.84 Å². The molecule has 0 saturated carbocycles. The quantitative estimate of drug-likeness (QED) is 0.763. The van der Waals surface area contributed by atoms with Crippen molar-refractivity contribution in [3.8, 4) is 0 Å². The number of sulfone groups is 1. The Morgan fingerprint density at radius 3 is 2.45 bits per heavy atom. The normalized spacial score (nSPS) is 20.1. The molecule has 0 radical (unpaired) electrons. The van der Waals surface area contributed by atoms with Gasteiger partial charge in [0.25, 0.3) is 0 Å². The molecular weight excluding hydrogens is 280 g/mol. The molecule has 20 heavy (non-hydrogen) atoms. The fourth-order valence-corrected chi connectivity index (χ4v) is 2.90. The van der Waals surface area contributed by atoms with Crippen LogP contribution in [0.1, 0.15) is 24.7 Å². The molecule has 0 bridgehead atoms. The van der Waals surface area contributed by atoms with E-state index in [2.05, 4.69) is 26.9 Å². The average Bonchev–Trinajstić information content (AvgIpc) is 2.82. The van der Waals surface area contributed by atoms with E-state index in [1.807, 2.05) is 6.92 Å². The van der Waals surface area contributed by atoms with Gasteiger partial charge in [0.2, 0.25) is 5.89 Å². The largest absolute Gasteiger partial charge is 0.338 e. The third kappa shape index (κ3) is 4.26. The highest BCUT2D eigenvalue weighted by atomic mass is 32.2. The summed E-state index contributed by atoms with van der Waals surface area (Å²) in [5.41, 5.74) is 0. The summed E-state index contributed by atoms with van der Waals surface area (Å²) in [6, 6.07) is 0.105. The number of piperazine rings is 1. The van der Waals surface area contributed by atoms with Gasteiger partial charge in [0.15, 0.2) is 5.82 Å². The third-order valence-electron chi connectivity index (χ3n) is 3.63. The van der Waals surface area contributed by atoms with Crippen molar-refractivity contribution in [3.05, 3.63) is 11.7 Å². The molecule has 8 heteroatoms. The van der Waals surface area contributed by atoms with Crippen molar-refractivity contribution in [1.29, 1.82) is 0 Å². The van der Waals surface area contributed by atoms with Crippen LogP contribution in [0.15, 0.2) is 4.52 Å². The fraction of sp³-hybridized carbons (Fsp3) is 0.833. The van der Waals surface area contributed by atoms with Crippen LogP contribution < -0.4 is 0 Å². The summed E-state index contributed by atoms with van der Waals surface area (Å²) in [5, 5.41) is 3.81. The molecule has 0 aliphatic carbocycles. The number of nitrogens with zero attached hydrogens (tertiary/aromatic N) is 4. The van der Waals surface area contributed by atoms with E-state index in [0.29, 0.717) is 18.3 Å². The van der Waals surface area contributed by atoms with Gasteiger partial charge in [0.1, 0.15) is 9.84 Å². The Hall–Kier alpha value is -0.990. The third-order valence-corrected chi connectivity index (χ3v) is 4.56. The molecular formula is C12H22N4O3S. The molecule has 2 rings (SSSR count). The van der Waals surface area contributed by atoms with Crippen LogP contribution in [0.4, 0.5) is 0 Å². The molecule has 1 aromatic rings. The van der Waals surface area contributed by atoms with Crippen molar-refractivity contribution in [3.63, 3.8) is 0 Å². The standard InChI is InChI=1S/C12H22N4O3S/c1-10(12-13-11(2)14-19-12)16-6-4-15(5-7-16)8-9-20(3,17)18/h10H,4-9H2,1-3H3/t10-/m0/s1. The van der Waals surface area contributed by atoms with Crippen LogP contribution >= 0.6 is 0 Å². The van der Waals surface area contributed by atoms with E-state index in [9.17, 15) is 8.42 Å². The highest BCUT2D eigenvalue weighted by Gasteiger charge is 2.25. The molecule has 114 valence electrons. The summed E-state index contributed by atoms with van der Waals surface area (Å²) in [6.07, 6.45) is 1.28. The van der Waals surface area contributed by atoms with Gasteiger partial charge in [-0.05, 0) is 13.8 Å². The minimum Gasteiger partial charge on any atom is -0.338 e. The van der Waals surface area contributed by atoms with Gasteiger partial charge < -0.3 is 4.52 Å². The van der Waals surface area contributed by atoms with Gasteiger partial charge in [-0.1, -0.05) is 5.16 Å². The van der Waals surface area contributed by atoms with E-state index in [-0.39, 0.29) is 11.8 Å². The monoisotopic (exact) mass is 302 g/mol. The summed E-state index contributed by atoms with van der Waals surface area (Å²) >= 11 is 0. The Morgan fingerprint density at radius 1 is 1.30 bits per heavy atom. The Kier molecular flexibility index (Phi) is 4.77. The average molecular weight is 302 g/mol. The molecule has 1 atom stereocenters. The second kappa shape index (κ2) is 6.19. The van der Waals surface area contributed by atoms with Crippen LogP contribution in [0.2, 0.25) is 0 Å².